The van der Waals surface area contributed by atoms with Crippen LogP contribution in [0.5, 0.6) is 0 Å². The van der Waals surface area contributed by atoms with Crippen LogP contribution in [0.4, 0.5) is 0 Å². The number of nitrogens with zero attached hydrogens (tertiary/aromatic N) is 2. The van der Waals surface area contributed by atoms with E-state index in [4.69, 9.17) is 4.98 Å². The molecule has 19 heavy (non-hydrogen) atoms. The van der Waals surface area contributed by atoms with E-state index in [2.05, 4.69) is 16.8 Å². The number of sulfone groups is 1. The molecule has 0 amide bonds. The second-order valence-corrected chi connectivity index (χ2v) is 7.75. The highest BCUT2D eigenvalue weighted by Crippen LogP contribution is 2.29. The topological polar surface area (TPSA) is 64.0 Å². The summed E-state index contributed by atoms with van der Waals surface area (Å²) in [4.78, 5) is 4.74. The van der Waals surface area contributed by atoms with Crippen molar-refractivity contribution in [2.75, 3.05) is 18.1 Å². The van der Waals surface area contributed by atoms with Gasteiger partial charge in [-0.1, -0.05) is 6.92 Å². The minimum absolute atomic E-state index is 0.112. The van der Waals surface area contributed by atoms with Gasteiger partial charge >= 0.3 is 0 Å². The molecule has 3 heterocycles. The molecular weight excluding hydrogens is 262 g/mol. The van der Waals surface area contributed by atoms with Crippen LogP contribution in [0.1, 0.15) is 43.0 Å². The smallest absolute Gasteiger partial charge is 0.152 e. The highest BCUT2D eigenvalue weighted by atomic mass is 32.2. The maximum absolute atomic E-state index is 11.7. The summed E-state index contributed by atoms with van der Waals surface area (Å²) in [6.07, 6.45) is 3.68. The normalized spacial score (nSPS) is 25.4. The molecule has 5 nitrogen and oxygen atoms in total. The number of hydrogen-bond donors (Lipinski definition) is 1. The zero-order valence-electron chi connectivity index (χ0n) is 11.4. The number of aromatic nitrogens is 2. The zero-order valence-corrected chi connectivity index (χ0v) is 12.2. The molecule has 0 spiro atoms. The molecule has 106 valence electrons. The average molecular weight is 283 g/mol. The number of rotatable bonds is 3. The lowest BCUT2D eigenvalue weighted by molar-refractivity contribution is 0.498. The van der Waals surface area contributed by atoms with Gasteiger partial charge in [-0.15, -0.1) is 0 Å². The number of hydrogen-bond acceptors (Lipinski definition) is 4. The fraction of sp³-hybridized carbons (Fsp3) is 0.769. The van der Waals surface area contributed by atoms with Gasteiger partial charge in [0.25, 0.3) is 0 Å². The Bertz CT molecular complexity index is 577. The van der Waals surface area contributed by atoms with Crippen LogP contribution in [-0.2, 0) is 29.2 Å². The maximum atomic E-state index is 11.7. The molecule has 2 aliphatic heterocycles. The second-order valence-electron chi connectivity index (χ2n) is 5.53. The van der Waals surface area contributed by atoms with Gasteiger partial charge in [-0.25, -0.2) is 13.4 Å². The van der Waals surface area contributed by atoms with Crippen molar-refractivity contribution in [1.82, 2.24) is 14.9 Å². The molecule has 0 radical (unpaired) electrons. The van der Waals surface area contributed by atoms with Crippen molar-refractivity contribution in [3.8, 4) is 0 Å². The van der Waals surface area contributed by atoms with Crippen LogP contribution in [0.2, 0.25) is 0 Å². The Hall–Kier alpha value is -0.880. The van der Waals surface area contributed by atoms with Crippen LogP contribution < -0.4 is 5.32 Å². The second kappa shape index (κ2) is 4.90. The van der Waals surface area contributed by atoms with Crippen molar-refractivity contribution >= 4 is 9.84 Å². The van der Waals surface area contributed by atoms with Gasteiger partial charge in [0.05, 0.1) is 17.2 Å². The molecule has 1 saturated heterocycles. The summed E-state index contributed by atoms with van der Waals surface area (Å²) in [6.45, 7) is 3.92. The molecule has 1 atom stereocenters. The van der Waals surface area contributed by atoms with Crippen LogP contribution in [0.3, 0.4) is 0 Å². The molecule has 3 rings (SSSR count). The van der Waals surface area contributed by atoms with Crippen LogP contribution in [0, 0.1) is 0 Å². The van der Waals surface area contributed by atoms with E-state index in [0.29, 0.717) is 11.5 Å². The predicted molar refractivity (Wildman–Crippen MR) is 73.9 cm³/mol. The van der Waals surface area contributed by atoms with Gasteiger partial charge in [-0.2, -0.15) is 0 Å². The highest BCUT2D eigenvalue weighted by Gasteiger charge is 2.33. The number of imidazole rings is 1. The van der Waals surface area contributed by atoms with Crippen LogP contribution in [-0.4, -0.2) is 36.0 Å². The van der Waals surface area contributed by atoms with E-state index in [1.807, 2.05) is 0 Å². The summed E-state index contributed by atoms with van der Waals surface area (Å²) in [5.41, 5.74) is 2.39. The third kappa shape index (κ3) is 2.43. The summed E-state index contributed by atoms with van der Waals surface area (Å²) in [5, 5.41) is 3.34. The lowest BCUT2D eigenvalue weighted by Gasteiger charge is -2.20. The zero-order chi connectivity index (χ0) is 13.5. The molecule has 1 aromatic heterocycles. The molecule has 1 unspecified atom stereocenters. The molecule has 1 fully saturated rings. The van der Waals surface area contributed by atoms with E-state index in [1.54, 1.807) is 0 Å². The van der Waals surface area contributed by atoms with Crippen molar-refractivity contribution in [3.05, 3.63) is 17.2 Å². The molecule has 1 N–H and O–H groups in total. The van der Waals surface area contributed by atoms with E-state index >= 15 is 0 Å². The molecule has 0 aliphatic carbocycles. The molecule has 6 heteroatoms. The summed E-state index contributed by atoms with van der Waals surface area (Å²) in [7, 11) is -2.84. The first kappa shape index (κ1) is 13.1. The van der Waals surface area contributed by atoms with Crippen LogP contribution >= 0.6 is 0 Å². The minimum atomic E-state index is -2.84. The van der Waals surface area contributed by atoms with Gasteiger partial charge in [0.1, 0.15) is 5.82 Å². The Labute approximate surface area is 114 Å². The third-order valence-corrected chi connectivity index (χ3v) is 5.79. The van der Waals surface area contributed by atoms with Crippen molar-refractivity contribution in [2.24, 2.45) is 0 Å². The Morgan fingerprint density at radius 2 is 2.32 bits per heavy atom. The summed E-state index contributed by atoms with van der Waals surface area (Å²) < 4.78 is 25.7. The van der Waals surface area contributed by atoms with Crippen LogP contribution in [0.25, 0.3) is 0 Å². The summed E-state index contributed by atoms with van der Waals surface area (Å²) >= 11 is 0. The van der Waals surface area contributed by atoms with E-state index in [9.17, 15) is 8.42 Å². The number of nitrogens with one attached hydrogen (secondary N) is 1. The third-order valence-electron chi connectivity index (χ3n) is 4.04. The van der Waals surface area contributed by atoms with Gasteiger partial charge in [0.15, 0.2) is 9.84 Å². The van der Waals surface area contributed by atoms with Gasteiger partial charge in [-0.05, 0) is 12.8 Å². The largest absolute Gasteiger partial charge is 0.328 e. The Morgan fingerprint density at radius 1 is 1.47 bits per heavy atom. The van der Waals surface area contributed by atoms with Crippen molar-refractivity contribution < 1.29 is 8.42 Å². The first-order valence-electron chi connectivity index (χ1n) is 7.10. The van der Waals surface area contributed by atoms with E-state index in [-0.39, 0.29) is 6.04 Å². The number of aryl methyl sites for hydroxylation is 1. The molecule has 2 aliphatic rings. The molecule has 0 bridgehead atoms. The monoisotopic (exact) mass is 283 g/mol. The molecule has 0 saturated carbocycles. The molecule has 1 aromatic rings. The SMILES string of the molecule is CCCc1nc2c(n1C1CCS(=O)(=O)C1)CCNC2. The van der Waals surface area contributed by atoms with Gasteiger partial charge in [0, 0.05) is 37.7 Å². The summed E-state index contributed by atoms with van der Waals surface area (Å²) in [5.74, 6) is 1.70. The first-order chi connectivity index (χ1) is 9.11. The Morgan fingerprint density at radius 3 is 3.00 bits per heavy atom. The van der Waals surface area contributed by atoms with E-state index in [0.717, 1.165) is 50.3 Å². The fourth-order valence-corrected chi connectivity index (χ4v) is 4.90. The standard InChI is InChI=1S/C13H21N3O2S/c1-2-3-13-15-11-8-14-6-4-12(11)16(13)10-5-7-19(17,18)9-10/h10,14H,2-9H2,1H3. The minimum Gasteiger partial charge on any atom is -0.328 e. The summed E-state index contributed by atoms with van der Waals surface area (Å²) in [6, 6.07) is 0.112. The van der Waals surface area contributed by atoms with E-state index in [1.165, 1.54) is 5.69 Å². The first-order valence-corrected chi connectivity index (χ1v) is 8.93. The van der Waals surface area contributed by atoms with Crippen molar-refractivity contribution in [3.63, 3.8) is 0 Å². The highest BCUT2D eigenvalue weighted by molar-refractivity contribution is 7.91. The Kier molecular flexibility index (Phi) is 3.39. The fourth-order valence-electron chi connectivity index (χ4n) is 3.20. The quantitative estimate of drug-likeness (QED) is 0.893. The van der Waals surface area contributed by atoms with Crippen LogP contribution in [0.15, 0.2) is 0 Å². The molecular formula is C13H21N3O2S. The number of fused-ring (bicyclic) bond motifs is 1. The average Bonchev–Trinajstić information content (AvgIpc) is 2.89. The van der Waals surface area contributed by atoms with Gasteiger partial charge in [-0.3, -0.25) is 0 Å². The van der Waals surface area contributed by atoms with E-state index < -0.39 is 9.84 Å². The predicted octanol–water partition coefficient (Wildman–Crippen LogP) is 0.841. The van der Waals surface area contributed by atoms with Gasteiger partial charge in [0.2, 0.25) is 0 Å². The van der Waals surface area contributed by atoms with Crippen molar-refractivity contribution in [1.29, 1.82) is 0 Å². The maximum Gasteiger partial charge on any atom is 0.152 e. The van der Waals surface area contributed by atoms with Crippen molar-refractivity contribution in [2.45, 2.75) is 45.2 Å². The lowest BCUT2D eigenvalue weighted by atomic mass is 10.1. The van der Waals surface area contributed by atoms with Gasteiger partial charge < -0.3 is 9.88 Å². The molecule has 0 aromatic carbocycles. The Balaban J connectivity index is 2.00. The lowest BCUT2D eigenvalue weighted by Crippen LogP contribution is -2.26.